The predicted octanol–water partition coefficient (Wildman–Crippen LogP) is 7.09. The maximum Gasteiger partial charge on any atom is 0.415 e. The van der Waals surface area contributed by atoms with Crippen LogP contribution in [0.15, 0.2) is 24.3 Å². The molecule has 3 nitrogen and oxygen atoms in total. The molecule has 0 unspecified atom stereocenters. The Morgan fingerprint density at radius 3 is 0.906 bits per heavy atom. The van der Waals surface area contributed by atoms with Crippen LogP contribution >= 0.6 is 7.80 Å². The lowest BCUT2D eigenvalue weighted by atomic mass is 9.92. The normalized spacial score (nSPS) is 11.8. The molecule has 4 heteroatoms. The summed E-state index contributed by atoms with van der Waals surface area (Å²) in [4.78, 5) is 4.42. The van der Waals surface area contributed by atoms with E-state index in [0.717, 1.165) is 10.6 Å². The van der Waals surface area contributed by atoms with Crippen molar-refractivity contribution in [2.24, 2.45) is 0 Å². The summed E-state index contributed by atoms with van der Waals surface area (Å²) in [7, 11) is 6.75. The zero-order valence-corrected chi connectivity index (χ0v) is 23.3. The molecule has 0 saturated carbocycles. The van der Waals surface area contributed by atoms with E-state index in [1.807, 2.05) is 0 Å². The lowest BCUT2D eigenvalue weighted by Gasteiger charge is -2.26. The molecule has 0 amide bonds. The van der Waals surface area contributed by atoms with Gasteiger partial charge in [0.05, 0.1) is 0 Å². The lowest BCUT2D eigenvalue weighted by Crippen LogP contribution is -2.21. The van der Waals surface area contributed by atoms with Crippen molar-refractivity contribution < 1.29 is 4.57 Å². The van der Waals surface area contributed by atoms with Crippen molar-refractivity contribution in [3.05, 3.63) is 46.5 Å². The van der Waals surface area contributed by atoms with E-state index in [2.05, 4.69) is 118 Å². The molecule has 2 aromatic carbocycles. The molecule has 0 aromatic heterocycles. The van der Waals surface area contributed by atoms with Crippen LogP contribution in [0, 0.1) is 0 Å². The SMILES string of the molecule is CC(C)c1cc([P+](=O)c2cc(C(C)C)c(N(C)C)c(C(C)C)c2)cc(C(C)C)c1N(C)C. The Balaban J connectivity index is 2.80. The second-order valence-corrected chi connectivity index (χ2v) is 12.3. The highest BCUT2D eigenvalue weighted by Crippen LogP contribution is 2.39. The zero-order valence-electron chi connectivity index (χ0n) is 22.4. The van der Waals surface area contributed by atoms with Gasteiger partial charge in [-0.2, -0.15) is 0 Å². The number of hydrogen-bond donors (Lipinski definition) is 0. The van der Waals surface area contributed by atoms with Crippen molar-refractivity contribution in [2.75, 3.05) is 38.0 Å². The second kappa shape index (κ2) is 10.4. The third kappa shape index (κ3) is 5.37. The maximum absolute atomic E-state index is 14.0. The molecular weight excluding hydrogens is 411 g/mol. The van der Waals surface area contributed by atoms with Gasteiger partial charge in [0.25, 0.3) is 0 Å². The van der Waals surface area contributed by atoms with Crippen LogP contribution in [0.25, 0.3) is 0 Å². The van der Waals surface area contributed by atoms with Crippen molar-refractivity contribution in [1.82, 2.24) is 0 Å². The van der Waals surface area contributed by atoms with E-state index in [-0.39, 0.29) is 0 Å². The van der Waals surface area contributed by atoms with E-state index in [1.54, 1.807) is 0 Å². The Morgan fingerprint density at radius 1 is 0.531 bits per heavy atom. The Kier molecular flexibility index (Phi) is 8.56. The van der Waals surface area contributed by atoms with Gasteiger partial charge in [-0.15, -0.1) is 0 Å². The summed E-state index contributed by atoms with van der Waals surface area (Å²) in [6.45, 7) is 17.8. The Morgan fingerprint density at radius 2 is 0.750 bits per heavy atom. The summed E-state index contributed by atoms with van der Waals surface area (Å²) in [5.41, 5.74) is 7.65. The van der Waals surface area contributed by atoms with Crippen molar-refractivity contribution in [2.45, 2.75) is 79.1 Å². The Bertz CT molecular complexity index is 836. The van der Waals surface area contributed by atoms with Gasteiger partial charge in [0.2, 0.25) is 0 Å². The van der Waals surface area contributed by atoms with Gasteiger partial charge >= 0.3 is 7.80 Å². The van der Waals surface area contributed by atoms with E-state index >= 15 is 0 Å². The van der Waals surface area contributed by atoms with Crippen molar-refractivity contribution >= 4 is 29.8 Å². The molecule has 0 atom stereocenters. The molecule has 0 fully saturated rings. The third-order valence-electron chi connectivity index (χ3n) is 6.16. The summed E-state index contributed by atoms with van der Waals surface area (Å²) in [5.74, 6) is 1.45. The molecule has 0 aliphatic carbocycles. The zero-order chi connectivity index (χ0) is 24.5. The number of anilines is 2. The van der Waals surface area contributed by atoms with Crippen LogP contribution in [0.3, 0.4) is 0 Å². The van der Waals surface area contributed by atoms with Crippen LogP contribution in [-0.2, 0) is 4.57 Å². The molecule has 0 heterocycles. The molecule has 0 saturated heterocycles. The first-order chi connectivity index (χ1) is 14.8. The standard InChI is InChI=1S/C28H44N2OP/c1-17(2)23-13-21(14-24(18(3)4)27(23)29(9)10)32(31)22-15-25(19(5)6)28(30(11)12)26(16-22)20(7)8/h13-20H,1-12H3/q+1. The maximum atomic E-state index is 14.0. The largest absolute Gasteiger partial charge is 0.415 e. The lowest BCUT2D eigenvalue weighted by molar-refractivity contribution is 0.598. The Labute approximate surface area is 198 Å². The van der Waals surface area contributed by atoms with Crippen LogP contribution in [0.4, 0.5) is 11.4 Å². The van der Waals surface area contributed by atoms with Crippen molar-refractivity contribution in [3.63, 3.8) is 0 Å². The Hall–Kier alpha value is -1.86. The number of rotatable bonds is 8. The highest BCUT2D eigenvalue weighted by atomic mass is 31.1. The smallest absolute Gasteiger partial charge is 0.377 e. The molecule has 0 N–H and O–H groups in total. The molecule has 0 aliphatic rings. The minimum absolute atomic E-state index is 0.363. The van der Waals surface area contributed by atoms with E-state index in [4.69, 9.17) is 0 Å². The van der Waals surface area contributed by atoms with Gasteiger partial charge in [-0.25, -0.2) is 0 Å². The first kappa shape index (κ1) is 26.4. The monoisotopic (exact) mass is 455 g/mol. The first-order valence-electron chi connectivity index (χ1n) is 11.9. The number of hydrogen-bond acceptors (Lipinski definition) is 3. The molecule has 32 heavy (non-hydrogen) atoms. The average Bonchev–Trinajstić information content (AvgIpc) is 2.70. The van der Waals surface area contributed by atoms with Crippen LogP contribution in [0.1, 0.15) is 101 Å². The minimum Gasteiger partial charge on any atom is -0.377 e. The van der Waals surface area contributed by atoms with Gasteiger partial charge in [-0.3, -0.25) is 0 Å². The van der Waals surface area contributed by atoms with Crippen LogP contribution < -0.4 is 20.4 Å². The molecule has 176 valence electrons. The van der Waals surface area contributed by atoms with E-state index < -0.39 is 7.80 Å². The van der Waals surface area contributed by atoms with Gasteiger partial charge in [-0.1, -0.05) is 60.0 Å². The van der Waals surface area contributed by atoms with Gasteiger partial charge in [0, 0.05) is 39.6 Å². The van der Waals surface area contributed by atoms with Gasteiger partial charge in [0.1, 0.15) is 0 Å². The molecular formula is C28H44N2OP+. The van der Waals surface area contributed by atoms with Crippen LogP contribution in [-0.4, -0.2) is 28.2 Å². The predicted molar refractivity (Wildman–Crippen MR) is 145 cm³/mol. The van der Waals surface area contributed by atoms with Crippen LogP contribution in [0.5, 0.6) is 0 Å². The molecule has 0 aliphatic heterocycles. The highest BCUT2D eigenvalue weighted by Gasteiger charge is 2.31. The highest BCUT2D eigenvalue weighted by molar-refractivity contribution is 7.61. The number of benzene rings is 2. The minimum atomic E-state index is -1.69. The summed E-state index contributed by atoms with van der Waals surface area (Å²) in [6.07, 6.45) is 0. The molecule has 0 bridgehead atoms. The van der Waals surface area contributed by atoms with E-state index in [1.165, 1.54) is 33.6 Å². The van der Waals surface area contributed by atoms with Crippen molar-refractivity contribution in [3.8, 4) is 0 Å². The first-order valence-corrected chi connectivity index (χ1v) is 13.2. The summed E-state index contributed by atoms with van der Waals surface area (Å²) in [5, 5.41) is 1.89. The topological polar surface area (TPSA) is 23.6 Å². The molecule has 2 aromatic rings. The van der Waals surface area contributed by atoms with Gasteiger partial charge in [0.15, 0.2) is 10.6 Å². The fourth-order valence-corrected chi connectivity index (χ4v) is 5.83. The quantitative estimate of drug-likeness (QED) is 0.397. The molecule has 0 radical (unpaired) electrons. The van der Waals surface area contributed by atoms with E-state index in [9.17, 15) is 4.57 Å². The number of nitrogens with zero attached hydrogens (tertiary/aromatic N) is 2. The molecule has 2 rings (SSSR count). The van der Waals surface area contributed by atoms with Gasteiger partial charge < -0.3 is 9.80 Å². The third-order valence-corrected chi connectivity index (χ3v) is 7.61. The van der Waals surface area contributed by atoms with Gasteiger partial charge in [-0.05, 0) is 70.2 Å². The fraction of sp³-hybridized carbons (Fsp3) is 0.571. The second-order valence-electron chi connectivity index (χ2n) is 10.6. The van der Waals surface area contributed by atoms with E-state index in [0.29, 0.717) is 23.7 Å². The summed E-state index contributed by atoms with van der Waals surface area (Å²) < 4.78 is 14.0. The molecule has 0 spiro atoms. The fourth-order valence-electron chi connectivity index (χ4n) is 4.50. The van der Waals surface area contributed by atoms with Crippen LogP contribution in [0.2, 0.25) is 0 Å². The summed E-state index contributed by atoms with van der Waals surface area (Å²) >= 11 is 0. The van der Waals surface area contributed by atoms with Crippen molar-refractivity contribution in [1.29, 1.82) is 0 Å². The summed E-state index contributed by atoms with van der Waals surface area (Å²) in [6, 6.07) is 8.76. The average molecular weight is 456 g/mol.